The van der Waals surface area contributed by atoms with Gasteiger partial charge in [-0.05, 0) is 87.0 Å². The molecule has 7 rings (SSSR count). The molecule has 4 aliphatic heterocycles. The zero-order valence-corrected chi connectivity index (χ0v) is 35.1. The minimum atomic E-state index is -2.79. The van der Waals surface area contributed by atoms with Crippen LogP contribution in [0.25, 0.3) is 0 Å². The number of aromatic nitrogens is 3. The number of benzene rings is 2. The Hall–Kier alpha value is -3.33. The fourth-order valence-corrected chi connectivity index (χ4v) is 8.35. The number of morpholine rings is 2. The van der Waals surface area contributed by atoms with Crippen molar-refractivity contribution >= 4 is 41.1 Å². The SMILES string of the molecule is C.CC(=O)O.FC(F)OC[C@H]1CN(C2CCNCC2)[C@@H](Cc2ccc(Cl)cc2)CO1.Nc1nc(N2CCC(N3C[C@H](COC(F)F)OC[C@@H]3Cc3ccc(Cl)cc3)CC2)n[nH]1. The molecule has 342 valence electrons. The zero-order valence-electron chi connectivity index (χ0n) is 33.6. The van der Waals surface area contributed by atoms with Gasteiger partial charge in [-0.2, -0.15) is 22.5 Å². The first-order valence-corrected chi connectivity index (χ1v) is 20.9. The molecule has 4 atom stereocenters. The molecule has 1 aromatic heterocycles. The quantitative estimate of drug-likeness (QED) is 0.143. The summed E-state index contributed by atoms with van der Waals surface area (Å²) in [5, 5.41) is 19.0. The molecule has 0 unspecified atom stereocenters. The van der Waals surface area contributed by atoms with Crippen LogP contribution < -0.4 is 16.0 Å². The van der Waals surface area contributed by atoms with E-state index in [1.54, 1.807) is 0 Å². The van der Waals surface area contributed by atoms with E-state index in [1.807, 2.05) is 48.5 Å². The van der Waals surface area contributed by atoms with Gasteiger partial charge in [0, 0.05) is 67.3 Å². The second-order valence-electron chi connectivity index (χ2n) is 15.2. The third-order valence-corrected chi connectivity index (χ3v) is 11.4. The molecule has 2 aromatic carbocycles. The van der Waals surface area contributed by atoms with Crippen molar-refractivity contribution in [1.82, 2.24) is 30.3 Å². The van der Waals surface area contributed by atoms with Crippen LogP contribution in [0, 0.1) is 0 Å². The van der Waals surface area contributed by atoms with Crippen molar-refractivity contribution in [1.29, 1.82) is 0 Å². The molecule has 0 bridgehead atoms. The van der Waals surface area contributed by atoms with E-state index in [2.05, 4.69) is 44.7 Å². The molecule has 61 heavy (non-hydrogen) atoms. The second-order valence-corrected chi connectivity index (χ2v) is 16.1. The molecule has 3 aromatic rings. The van der Waals surface area contributed by atoms with Gasteiger partial charge in [0.05, 0.1) is 38.6 Å². The monoisotopic (exact) mass is 906 g/mol. The number of halogens is 6. The Kier molecular flexibility index (Phi) is 21.2. The lowest BCUT2D eigenvalue weighted by molar-refractivity contribution is -0.175. The van der Waals surface area contributed by atoms with Crippen molar-refractivity contribution in [3.8, 4) is 0 Å². The van der Waals surface area contributed by atoms with Crippen LogP contribution in [0.2, 0.25) is 10.0 Å². The second kappa shape index (κ2) is 25.7. The normalized spacial score (nSPS) is 23.1. The Labute approximate surface area is 365 Å². The van der Waals surface area contributed by atoms with E-state index >= 15 is 0 Å². The molecular weight excluding hydrogens is 847 g/mol. The number of piperidine rings is 2. The van der Waals surface area contributed by atoms with Gasteiger partial charge in [0.1, 0.15) is 0 Å². The summed E-state index contributed by atoms with van der Waals surface area (Å²) in [5.41, 5.74) is 8.02. The molecule has 0 spiro atoms. The van der Waals surface area contributed by atoms with Crippen LogP contribution in [0.1, 0.15) is 51.2 Å². The van der Waals surface area contributed by atoms with E-state index in [-0.39, 0.29) is 44.9 Å². The Balaban J connectivity index is 0.000000248. The van der Waals surface area contributed by atoms with Gasteiger partial charge in [0.2, 0.25) is 11.9 Å². The summed E-state index contributed by atoms with van der Waals surface area (Å²) >= 11 is 12.0. The number of rotatable bonds is 13. The number of nitrogens with one attached hydrogen (secondary N) is 2. The molecule has 0 saturated carbocycles. The Bertz CT molecular complexity index is 1690. The van der Waals surface area contributed by atoms with E-state index < -0.39 is 19.2 Å². The van der Waals surface area contributed by atoms with Crippen molar-refractivity contribution < 1.29 is 46.4 Å². The van der Waals surface area contributed by atoms with E-state index in [9.17, 15) is 17.6 Å². The number of carbonyl (C=O) groups is 1. The minimum Gasteiger partial charge on any atom is -0.481 e. The molecule has 20 heteroatoms. The number of aliphatic carboxylic acids is 1. The molecule has 0 aliphatic carbocycles. The highest BCUT2D eigenvalue weighted by molar-refractivity contribution is 6.30. The van der Waals surface area contributed by atoms with Gasteiger partial charge in [-0.3, -0.25) is 14.6 Å². The highest BCUT2D eigenvalue weighted by atomic mass is 35.5. The van der Waals surface area contributed by atoms with Crippen LogP contribution in [0.4, 0.5) is 29.5 Å². The van der Waals surface area contributed by atoms with Crippen LogP contribution in [0.3, 0.4) is 0 Å². The highest BCUT2D eigenvalue weighted by Gasteiger charge is 2.37. The number of carboxylic acids is 1. The predicted molar refractivity (Wildman–Crippen MR) is 227 cm³/mol. The van der Waals surface area contributed by atoms with Crippen molar-refractivity contribution in [2.75, 3.05) is 76.3 Å². The van der Waals surface area contributed by atoms with Crippen LogP contribution in [0.15, 0.2) is 48.5 Å². The molecule has 4 fully saturated rings. The Morgan fingerprint density at radius 3 is 1.64 bits per heavy atom. The van der Waals surface area contributed by atoms with Crippen molar-refractivity contribution in [2.45, 2.75) is 102 Å². The van der Waals surface area contributed by atoms with Gasteiger partial charge < -0.3 is 40.0 Å². The zero-order chi connectivity index (χ0) is 43.0. The van der Waals surface area contributed by atoms with E-state index in [4.69, 9.17) is 48.3 Å². The first kappa shape index (κ1) is 50.3. The molecule has 4 saturated heterocycles. The van der Waals surface area contributed by atoms with Crippen molar-refractivity contribution in [2.24, 2.45) is 0 Å². The Morgan fingerprint density at radius 2 is 1.25 bits per heavy atom. The topological polar surface area (TPSA) is 164 Å². The van der Waals surface area contributed by atoms with Gasteiger partial charge in [-0.15, -0.1) is 5.10 Å². The highest BCUT2D eigenvalue weighted by Crippen LogP contribution is 2.28. The molecule has 14 nitrogen and oxygen atoms in total. The van der Waals surface area contributed by atoms with Crippen molar-refractivity contribution in [3.63, 3.8) is 0 Å². The fraction of sp³-hybridized carbons (Fsp3) is 0.634. The summed E-state index contributed by atoms with van der Waals surface area (Å²) in [6.45, 7) is 1.14. The van der Waals surface area contributed by atoms with Crippen LogP contribution >= 0.6 is 23.2 Å². The maximum absolute atomic E-state index is 12.5. The van der Waals surface area contributed by atoms with Gasteiger partial charge in [-0.1, -0.05) is 54.9 Å². The van der Waals surface area contributed by atoms with Gasteiger partial charge in [0.25, 0.3) is 5.97 Å². The first-order valence-electron chi connectivity index (χ1n) is 20.2. The molecule has 5 heterocycles. The minimum absolute atomic E-state index is 0. The number of carboxylic acid groups (broad SMARTS) is 1. The Morgan fingerprint density at radius 1 is 0.820 bits per heavy atom. The fourth-order valence-electron chi connectivity index (χ4n) is 8.10. The predicted octanol–water partition coefficient (Wildman–Crippen LogP) is 6.23. The summed E-state index contributed by atoms with van der Waals surface area (Å²) in [4.78, 5) is 20.2. The maximum Gasteiger partial charge on any atom is 0.345 e. The summed E-state index contributed by atoms with van der Waals surface area (Å²) in [5.74, 6) is 0.0778. The van der Waals surface area contributed by atoms with E-state index in [1.165, 1.54) is 11.1 Å². The summed E-state index contributed by atoms with van der Waals surface area (Å²) in [7, 11) is 0. The summed E-state index contributed by atoms with van der Waals surface area (Å²) in [6, 6.07) is 16.8. The number of alkyl halides is 4. The number of nitrogens with two attached hydrogens (primary N) is 1. The number of hydrogen-bond acceptors (Lipinski definition) is 12. The molecule has 4 aliphatic rings. The third-order valence-electron chi connectivity index (χ3n) is 10.9. The smallest absolute Gasteiger partial charge is 0.345 e. The average Bonchev–Trinajstić information content (AvgIpc) is 3.68. The standard InChI is InChI=1S/C20H27ClF2N6O2.C18H25ClF2N2O2.C2H4O2.CH4/c21-14-3-1-13(2-4-14)9-16-11-30-17(12-31-18(22)23)10-29(16)15-5-7-28(8-6-15)20-25-19(24)26-27-20;19-14-3-1-13(2-4-14)9-16-11-24-17(12-25-18(20)21)10-23(16)15-5-7-22-8-6-15;1-2(3)4;/h1-4,15-18H,5-12H2,(H3,24,25,26,27);1-4,15-18,22H,5-12H2;1H3,(H,3,4);1H4/t2*16-,17+;;/m00../s1. The largest absolute Gasteiger partial charge is 0.481 e. The molecule has 5 N–H and O–H groups in total. The van der Waals surface area contributed by atoms with E-state index in [0.29, 0.717) is 55.3 Å². The summed E-state index contributed by atoms with van der Waals surface area (Å²) < 4.78 is 70.4. The van der Waals surface area contributed by atoms with Gasteiger partial charge in [0.15, 0.2) is 0 Å². The van der Waals surface area contributed by atoms with Crippen molar-refractivity contribution in [3.05, 3.63) is 69.7 Å². The van der Waals surface area contributed by atoms with Crippen LogP contribution in [-0.4, -0.2) is 151 Å². The van der Waals surface area contributed by atoms with Gasteiger partial charge >= 0.3 is 13.2 Å². The first-order chi connectivity index (χ1) is 28.8. The number of ether oxygens (including phenoxy) is 4. The summed E-state index contributed by atoms with van der Waals surface area (Å²) in [6.07, 6.45) is 4.95. The van der Waals surface area contributed by atoms with E-state index in [0.717, 1.165) is 76.7 Å². The maximum atomic E-state index is 12.5. The lowest BCUT2D eigenvalue weighted by Gasteiger charge is -2.46. The molecule has 0 amide bonds. The lowest BCUT2D eigenvalue weighted by atomic mass is 9.96. The lowest BCUT2D eigenvalue weighted by Crippen LogP contribution is -2.58. The number of nitrogens with zero attached hydrogens (tertiary/aromatic N) is 5. The number of H-pyrrole nitrogens is 1. The number of aromatic amines is 1. The van der Waals surface area contributed by atoms with Crippen LogP contribution in [0.5, 0.6) is 0 Å². The number of hydrogen-bond donors (Lipinski definition) is 4. The van der Waals surface area contributed by atoms with Gasteiger partial charge in [-0.25, -0.2) is 5.10 Å². The third kappa shape index (κ3) is 17.0. The molecule has 0 radical (unpaired) electrons. The average molecular weight is 908 g/mol. The number of nitrogen functional groups attached to an aromatic ring is 1. The van der Waals surface area contributed by atoms with Crippen LogP contribution in [-0.2, 0) is 36.6 Å². The molecular formula is C41H60Cl2F4N8O6. The number of anilines is 2.